The van der Waals surface area contributed by atoms with Gasteiger partial charge in [0.2, 0.25) is 5.91 Å². The summed E-state index contributed by atoms with van der Waals surface area (Å²) in [5, 5.41) is 2.98. The van der Waals surface area contributed by atoms with Crippen LogP contribution in [0.25, 0.3) is 11.0 Å². The van der Waals surface area contributed by atoms with Gasteiger partial charge >= 0.3 is 5.69 Å². The van der Waals surface area contributed by atoms with Crippen molar-refractivity contribution >= 4 is 22.6 Å². The first-order chi connectivity index (χ1) is 15.6. The lowest BCUT2D eigenvalue weighted by Gasteiger charge is -2.28. The van der Waals surface area contributed by atoms with Gasteiger partial charge in [-0.3, -0.25) is 18.9 Å². The van der Waals surface area contributed by atoms with Crippen molar-refractivity contribution in [3.8, 4) is 5.75 Å². The molecule has 0 atom stereocenters. The largest absolute Gasteiger partial charge is 0.491 e. The average Bonchev–Trinajstić information content (AvgIpc) is 3.05. The van der Waals surface area contributed by atoms with E-state index < -0.39 is 0 Å². The van der Waals surface area contributed by atoms with E-state index in [2.05, 4.69) is 10.3 Å². The number of rotatable bonds is 8. The van der Waals surface area contributed by atoms with E-state index in [4.69, 9.17) is 9.47 Å². The van der Waals surface area contributed by atoms with Crippen molar-refractivity contribution in [1.29, 1.82) is 0 Å². The minimum atomic E-state index is -0.0217. The predicted octanol–water partition coefficient (Wildman–Crippen LogP) is 3.21. The number of pyridine rings is 1. The second kappa shape index (κ2) is 9.99. The Morgan fingerprint density at radius 3 is 2.56 bits per heavy atom. The van der Waals surface area contributed by atoms with Gasteiger partial charge in [-0.2, -0.15) is 0 Å². The number of anilines is 1. The van der Waals surface area contributed by atoms with E-state index >= 15 is 0 Å². The van der Waals surface area contributed by atoms with Crippen LogP contribution in [-0.2, 0) is 23.1 Å². The fraction of sp³-hybridized carbons (Fsp3) is 0.458. The molecule has 0 saturated heterocycles. The smallest absolute Gasteiger partial charge is 0.328 e. The van der Waals surface area contributed by atoms with Gasteiger partial charge in [0.15, 0.2) is 0 Å². The second-order valence-electron chi connectivity index (χ2n) is 8.39. The lowest BCUT2D eigenvalue weighted by Crippen LogP contribution is -2.30. The zero-order chi connectivity index (χ0) is 22.5. The zero-order valence-corrected chi connectivity index (χ0v) is 18.6. The molecule has 0 radical (unpaired) electrons. The van der Waals surface area contributed by atoms with E-state index in [1.807, 2.05) is 22.8 Å². The van der Waals surface area contributed by atoms with E-state index in [0.29, 0.717) is 25.7 Å². The van der Waals surface area contributed by atoms with Crippen molar-refractivity contribution < 1.29 is 14.3 Å². The maximum Gasteiger partial charge on any atom is 0.328 e. The quantitative estimate of drug-likeness (QED) is 0.546. The first-order valence-corrected chi connectivity index (χ1v) is 11.1. The number of benzene rings is 1. The van der Waals surface area contributed by atoms with Crippen LogP contribution in [0.4, 0.5) is 5.69 Å². The molecule has 1 aromatic carbocycles. The van der Waals surface area contributed by atoms with Crippen LogP contribution in [0.5, 0.6) is 5.75 Å². The molecular formula is C24H30N4O4. The summed E-state index contributed by atoms with van der Waals surface area (Å²) >= 11 is 0. The maximum absolute atomic E-state index is 12.9. The third-order valence-electron chi connectivity index (χ3n) is 6.28. The fourth-order valence-corrected chi connectivity index (χ4v) is 4.44. The number of hydrogen-bond acceptors (Lipinski definition) is 5. The summed E-state index contributed by atoms with van der Waals surface area (Å²) in [6.07, 6.45) is 6.83. The van der Waals surface area contributed by atoms with Gasteiger partial charge in [-0.1, -0.05) is 0 Å². The second-order valence-corrected chi connectivity index (χ2v) is 8.39. The minimum Gasteiger partial charge on any atom is -0.491 e. The standard InChI is InChI=1S/C24H30N4O4/c1-27-21-8-7-20(32-14-13-31-2)15-22(21)28(24(27)30)16-17-3-5-18(6-4-17)23(29)26-19-9-11-25-12-10-19/h7-12,15,17-18H,3-6,13-14,16H2,1-2H3,(H,25,26,29)/t17-,18-. The van der Waals surface area contributed by atoms with Crippen LogP contribution >= 0.6 is 0 Å². The van der Waals surface area contributed by atoms with Gasteiger partial charge in [0, 0.05) is 50.8 Å². The van der Waals surface area contributed by atoms with Crippen molar-refractivity contribution in [2.45, 2.75) is 32.2 Å². The highest BCUT2D eigenvalue weighted by atomic mass is 16.5. The van der Waals surface area contributed by atoms with Crippen molar-refractivity contribution in [3.63, 3.8) is 0 Å². The summed E-state index contributed by atoms with van der Waals surface area (Å²) in [6, 6.07) is 9.33. The minimum absolute atomic E-state index is 0.00411. The van der Waals surface area contributed by atoms with Crippen molar-refractivity contribution in [2.24, 2.45) is 18.9 Å². The number of nitrogens with zero attached hydrogens (tertiary/aromatic N) is 3. The SMILES string of the molecule is COCCOc1ccc2c(c1)n(C[C@H]1CC[C@H](C(=O)Nc3ccncc3)CC1)c(=O)n2C. The number of nitrogens with one attached hydrogen (secondary N) is 1. The van der Waals surface area contributed by atoms with E-state index in [1.165, 1.54) is 0 Å². The van der Waals surface area contributed by atoms with Crippen molar-refractivity contribution in [3.05, 3.63) is 53.2 Å². The molecule has 2 heterocycles. The third-order valence-corrected chi connectivity index (χ3v) is 6.28. The van der Waals surface area contributed by atoms with Gasteiger partial charge < -0.3 is 14.8 Å². The number of carbonyl (C=O) groups excluding carboxylic acids is 1. The summed E-state index contributed by atoms with van der Waals surface area (Å²) in [7, 11) is 3.44. The fourth-order valence-electron chi connectivity index (χ4n) is 4.44. The van der Waals surface area contributed by atoms with Gasteiger partial charge in [0.25, 0.3) is 0 Å². The van der Waals surface area contributed by atoms with Crippen LogP contribution in [0.2, 0.25) is 0 Å². The number of amides is 1. The Morgan fingerprint density at radius 1 is 1.09 bits per heavy atom. The molecular weight excluding hydrogens is 408 g/mol. The number of hydrogen-bond donors (Lipinski definition) is 1. The summed E-state index contributed by atoms with van der Waals surface area (Å²) < 4.78 is 14.3. The van der Waals surface area contributed by atoms with Crippen molar-refractivity contribution in [2.75, 3.05) is 25.6 Å². The van der Waals surface area contributed by atoms with Gasteiger partial charge in [-0.05, 0) is 55.9 Å². The molecule has 1 saturated carbocycles. The number of imidazole rings is 1. The molecule has 1 aliphatic carbocycles. The molecule has 2 aromatic heterocycles. The van der Waals surface area contributed by atoms with Crippen molar-refractivity contribution in [1.82, 2.24) is 14.1 Å². The van der Waals surface area contributed by atoms with Gasteiger partial charge in [-0.15, -0.1) is 0 Å². The first-order valence-electron chi connectivity index (χ1n) is 11.1. The topological polar surface area (TPSA) is 87.4 Å². The Balaban J connectivity index is 1.41. The number of aryl methyl sites for hydroxylation is 1. The van der Waals surface area contributed by atoms with E-state index in [-0.39, 0.29) is 17.5 Å². The van der Waals surface area contributed by atoms with E-state index in [1.54, 1.807) is 43.3 Å². The van der Waals surface area contributed by atoms with Crippen LogP contribution in [0.15, 0.2) is 47.5 Å². The lowest BCUT2D eigenvalue weighted by atomic mass is 9.81. The molecule has 1 fully saturated rings. The summed E-state index contributed by atoms with van der Waals surface area (Å²) in [5.74, 6) is 1.16. The van der Waals surface area contributed by atoms with Gasteiger partial charge in [-0.25, -0.2) is 4.79 Å². The predicted molar refractivity (Wildman–Crippen MR) is 123 cm³/mol. The van der Waals surface area contributed by atoms with Crippen LogP contribution in [0.1, 0.15) is 25.7 Å². The number of fused-ring (bicyclic) bond motifs is 1. The molecule has 4 rings (SSSR count). The highest BCUT2D eigenvalue weighted by Crippen LogP contribution is 2.31. The molecule has 32 heavy (non-hydrogen) atoms. The summed E-state index contributed by atoms with van der Waals surface area (Å²) in [5.41, 5.74) is 2.52. The molecule has 8 nitrogen and oxygen atoms in total. The van der Waals surface area contributed by atoms with Gasteiger partial charge in [0.1, 0.15) is 12.4 Å². The third kappa shape index (κ3) is 4.85. The molecule has 1 aliphatic rings. The van der Waals surface area contributed by atoms with Gasteiger partial charge in [0.05, 0.1) is 17.6 Å². The maximum atomic E-state index is 12.9. The molecule has 1 amide bonds. The highest BCUT2D eigenvalue weighted by molar-refractivity contribution is 5.92. The van der Waals surface area contributed by atoms with Crippen LogP contribution in [-0.4, -0.2) is 40.3 Å². The Labute approximate surface area is 187 Å². The molecule has 3 aromatic rings. The van der Waals surface area contributed by atoms with E-state index in [0.717, 1.165) is 48.2 Å². The highest BCUT2D eigenvalue weighted by Gasteiger charge is 2.27. The number of methoxy groups -OCH3 is 1. The molecule has 170 valence electrons. The normalized spacial score (nSPS) is 18.6. The average molecular weight is 439 g/mol. The Kier molecular flexibility index (Phi) is 6.90. The van der Waals surface area contributed by atoms with Crippen LogP contribution in [0.3, 0.4) is 0 Å². The molecule has 0 bridgehead atoms. The van der Waals surface area contributed by atoms with Crippen LogP contribution in [0, 0.1) is 11.8 Å². The molecule has 1 N–H and O–H groups in total. The first kappa shape index (κ1) is 22.1. The molecule has 8 heteroatoms. The Morgan fingerprint density at radius 2 is 1.84 bits per heavy atom. The van der Waals surface area contributed by atoms with E-state index in [9.17, 15) is 9.59 Å². The summed E-state index contributed by atoms with van der Waals surface area (Å²) in [4.78, 5) is 29.5. The Bertz CT molecular complexity index is 1110. The molecule has 0 unspecified atom stereocenters. The summed E-state index contributed by atoms with van der Waals surface area (Å²) in [6.45, 7) is 1.62. The monoisotopic (exact) mass is 438 g/mol. The number of aromatic nitrogens is 3. The Hall–Kier alpha value is -3.13. The zero-order valence-electron chi connectivity index (χ0n) is 18.6. The molecule has 0 spiro atoms. The number of carbonyl (C=O) groups is 1. The number of ether oxygens (including phenoxy) is 2. The lowest BCUT2D eigenvalue weighted by molar-refractivity contribution is -0.121. The molecule has 0 aliphatic heterocycles. The van der Waals surface area contributed by atoms with Crippen LogP contribution < -0.4 is 15.7 Å².